The lowest BCUT2D eigenvalue weighted by molar-refractivity contribution is -0.148. The third kappa shape index (κ3) is 15.5. The Hall–Kier alpha value is -3.93. The van der Waals surface area contributed by atoms with Crippen LogP contribution in [0.1, 0.15) is 129 Å². The molecule has 1 aromatic heterocycles. The zero-order valence-electron chi connectivity index (χ0n) is 29.3. The minimum atomic E-state index is -0.517. The number of nitrogens with one attached hydrogen (secondary N) is 2. The Labute approximate surface area is 283 Å². The van der Waals surface area contributed by atoms with Gasteiger partial charge in [0.1, 0.15) is 5.60 Å². The van der Waals surface area contributed by atoms with E-state index < -0.39 is 5.60 Å². The van der Waals surface area contributed by atoms with Gasteiger partial charge in [0.05, 0.1) is 17.7 Å². The lowest BCUT2D eigenvalue weighted by atomic mass is 10.0. The summed E-state index contributed by atoms with van der Waals surface area (Å²) in [6, 6.07) is 15.9. The normalized spacial score (nSPS) is 11.8. The maximum Gasteiger partial charge on any atom is 0.331 e. The highest BCUT2D eigenvalue weighted by Gasteiger charge is 2.14. The summed E-state index contributed by atoms with van der Waals surface area (Å²) in [5.41, 5.74) is 5.08. The highest BCUT2D eigenvalue weighted by molar-refractivity contribution is 5.92. The van der Waals surface area contributed by atoms with Crippen LogP contribution in [0.25, 0.3) is 34.7 Å². The van der Waals surface area contributed by atoms with Gasteiger partial charge in [-0.2, -0.15) is 0 Å². The zero-order valence-corrected chi connectivity index (χ0v) is 29.3. The predicted octanol–water partition coefficient (Wildman–Crippen LogP) is 10.7. The fourth-order valence-electron chi connectivity index (χ4n) is 5.51. The van der Waals surface area contributed by atoms with Crippen molar-refractivity contribution in [2.75, 3.05) is 6.54 Å². The number of amides is 1. The lowest BCUT2D eigenvalue weighted by Crippen LogP contribution is -2.22. The second kappa shape index (κ2) is 21.0. The van der Waals surface area contributed by atoms with Crippen LogP contribution in [0.2, 0.25) is 0 Å². The zero-order chi connectivity index (χ0) is 33.7. The second-order valence-electron chi connectivity index (χ2n) is 13.5. The first kappa shape index (κ1) is 37.5. The average molecular weight is 640 g/mol. The average Bonchev–Trinajstić information content (AvgIpc) is 3.54. The van der Waals surface area contributed by atoms with Crippen LogP contribution in [0.3, 0.4) is 0 Å². The molecule has 1 heterocycles. The molecule has 3 rings (SSSR count). The van der Waals surface area contributed by atoms with Gasteiger partial charge in [-0.05, 0) is 50.5 Å². The number of carbonyl (C=O) groups is 2. The van der Waals surface area contributed by atoms with Crippen LogP contribution in [0, 0.1) is 0 Å². The Balaban J connectivity index is 1.34. The Morgan fingerprint density at radius 1 is 0.702 bits per heavy atom. The Kier molecular flexibility index (Phi) is 16.8. The van der Waals surface area contributed by atoms with Crippen LogP contribution >= 0.6 is 0 Å². The van der Waals surface area contributed by atoms with Gasteiger partial charge >= 0.3 is 5.97 Å². The van der Waals surface area contributed by atoms with Crippen molar-refractivity contribution in [2.24, 2.45) is 0 Å². The molecule has 0 fully saturated rings. The van der Waals surface area contributed by atoms with Crippen LogP contribution < -0.4 is 5.32 Å². The van der Waals surface area contributed by atoms with Crippen molar-refractivity contribution in [2.45, 2.75) is 123 Å². The SMILES string of the molecule is CCCCCCCCCCCCCCCCNC(=O)C=Cc1ccc(-c2nc[nH]c2-c2ccc(C=CC(=O)OC(C)(C)C)cc2)cc1. The number of aromatic amines is 1. The van der Waals surface area contributed by atoms with Gasteiger partial charge in [-0.1, -0.05) is 139 Å². The number of carbonyl (C=O) groups excluding carboxylic acids is 2. The van der Waals surface area contributed by atoms with Crippen molar-refractivity contribution in [1.29, 1.82) is 0 Å². The van der Waals surface area contributed by atoms with Crippen molar-refractivity contribution in [3.8, 4) is 22.5 Å². The largest absolute Gasteiger partial charge is 0.457 e. The molecule has 47 heavy (non-hydrogen) atoms. The van der Waals surface area contributed by atoms with Gasteiger partial charge in [0.15, 0.2) is 0 Å². The molecule has 0 aliphatic heterocycles. The molecule has 6 heteroatoms. The van der Waals surface area contributed by atoms with E-state index in [9.17, 15) is 9.59 Å². The molecular weight excluding hydrogens is 582 g/mol. The first-order valence-corrected chi connectivity index (χ1v) is 17.9. The molecule has 0 unspecified atom stereocenters. The Morgan fingerprint density at radius 3 is 1.72 bits per heavy atom. The molecule has 0 aliphatic rings. The Morgan fingerprint density at radius 2 is 1.19 bits per heavy atom. The summed E-state index contributed by atoms with van der Waals surface area (Å²) >= 11 is 0. The highest BCUT2D eigenvalue weighted by atomic mass is 16.6. The van der Waals surface area contributed by atoms with E-state index in [1.807, 2.05) is 75.4 Å². The van der Waals surface area contributed by atoms with Crippen molar-refractivity contribution in [1.82, 2.24) is 15.3 Å². The summed E-state index contributed by atoms with van der Waals surface area (Å²) in [5.74, 6) is -0.417. The van der Waals surface area contributed by atoms with E-state index in [-0.39, 0.29) is 11.9 Å². The van der Waals surface area contributed by atoms with Crippen molar-refractivity contribution < 1.29 is 14.3 Å². The van der Waals surface area contributed by atoms with Crippen LogP contribution in [0.15, 0.2) is 67.0 Å². The molecule has 0 atom stereocenters. The molecule has 0 saturated carbocycles. The van der Waals surface area contributed by atoms with Gasteiger partial charge in [-0.3, -0.25) is 4.79 Å². The minimum absolute atomic E-state index is 0.0530. The van der Waals surface area contributed by atoms with E-state index in [1.54, 1.807) is 18.5 Å². The number of aromatic nitrogens is 2. The van der Waals surface area contributed by atoms with E-state index in [2.05, 4.69) is 22.2 Å². The molecule has 3 aromatic rings. The monoisotopic (exact) mass is 639 g/mol. The maximum atomic E-state index is 12.3. The maximum absolute atomic E-state index is 12.3. The molecular formula is C41H57N3O3. The van der Waals surface area contributed by atoms with Crippen molar-refractivity contribution in [3.05, 3.63) is 78.1 Å². The molecule has 0 radical (unpaired) electrons. The third-order valence-corrected chi connectivity index (χ3v) is 8.10. The van der Waals surface area contributed by atoms with Crippen molar-refractivity contribution >= 4 is 24.0 Å². The predicted molar refractivity (Wildman–Crippen MR) is 197 cm³/mol. The molecule has 254 valence electrons. The summed E-state index contributed by atoms with van der Waals surface area (Å²) in [6.07, 6.45) is 27.0. The third-order valence-electron chi connectivity index (χ3n) is 8.10. The van der Waals surface area contributed by atoms with Gasteiger partial charge < -0.3 is 15.0 Å². The number of imidazole rings is 1. The number of H-pyrrole nitrogens is 1. The smallest absolute Gasteiger partial charge is 0.331 e. The molecule has 0 spiro atoms. The molecule has 6 nitrogen and oxygen atoms in total. The number of unbranched alkanes of at least 4 members (excludes halogenated alkanes) is 13. The number of ether oxygens (including phenoxy) is 1. The fourth-order valence-corrected chi connectivity index (χ4v) is 5.51. The summed E-state index contributed by atoms with van der Waals surface area (Å²) < 4.78 is 5.33. The first-order valence-electron chi connectivity index (χ1n) is 17.9. The van der Waals surface area contributed by atoms with Crippen LogP contribution in [-0.2, 0) is 14.3 Å². The number of hydrogen-bond acceptors (Lipinski definition) is 4. The number of nitrogens with zero attached hydrogens (tertiary/aromatic N) is 1. The van der Waals surface area contributed by atoms with E-state index >= 15 is 0 Å². The van der Waals surface area contributed by atoms with Gasteiger partial charge in [0, 0.05) is 29.8 Å². The van der Waals surface area contributed by atoms with Crippen LogP contribution in [0.5, 0.6) is 0 Å². The van der Waals surface area contributed by atoms with Gasteiger partial charge in [0.25, 0.3) is 0 Å². The standard InChI is InChI=1S/C41H57N3O3/c1-5-6-7-8-9-10-11-12-13-14-15-16-17-18-31-42-37(45)29-23-33-19-25-35(26-20-33)39-40(44-32-43-39)36-27-21-34(22-28-36)24-30-38(46)47-41(2,3)4/h19-30,32H,5-18,31H2,1-4H3,(H,42,45)(H,43,44). The van der Waals surface area contributed by atoms with E-state index in [0.717, 1.165) is 46.6 Å². The lowest BCUT2D eigenvalue weighted by Gasteiger charge is -2.17. The van der Waals surface area contributed by atoms with Gasteiger partial charge in [-0.15, -0.1) is 0 Å². The first-order chi connectivity index (χ1) is 22.7. The highest BCUT2D eigenvalue weighted by Crippen LogP contribution is 2.29. The van der Waals surface area contributed by atoms with E-state index in [1.165, 1.54) is 89.5 Å². The number of esters is 1. The van der Waals surface area contributed by atoms with Gasteiger partial charge in [0.2, 0.25) is 5.91 Å². The van der Waals surface area contributed by atoms with Gasteiger partial charge in [-0.25, -0.2) is 9.78 Å². The number of rotatable bonds is 21. The number of benzene rings is 2. The Bertz CT molecular complexity index is 1380. The summed E-state index contributed by atoms with van der Waals surface area (Å²) in [7, 11) is 0. The molecule has 0 saturated heterocycles. The number of hydrogen-bond donors (Lipinski definition) is 2. The molecule has 2 N–H and O–H groups in total. The summed E-state index contributed by atoms with van der Waals surface area (Å²) in [4.78, 5) is 32.1. The molecule has 2 aromatic carbocycles. The topological polar surface area (TPSA) is 84.1 Å². The van der Waals surface area contributed by atoms with Crippen molar-refractivity contribution in [3.63, 3.8) is 0 Å². The quantitative estimate of drug-likeness (QED) is 0.0690. The summed E-state index contributed by atoms with van der Waals surface area (Å²) in [6.45, 7) is 8.54. The minimum Gasteiger partial charge on any atom is -0.457 e. The van der Waals surface area contributed by atoms with E-state index in [0.29, 0.717) is 0 Å². The van der Waals surface area contributed by atoms with Crippen LogP contribution in [0.4, 0.5) is 0 Å². The second-order valence-corrected chi connectivity index (χ2v) is 13.5. The van der Waals surface area contributed by atoms with Crippen LogP contribution in [-0.4, -0.2) is 34.0 Å². The molecule has 0 aliphatic carbocycles. The molecule has 1 amide bonds. The summed E-state index contributed by atoms with van der Waals surface area (Å²) in [5, 5.41) is 3.01. The fraction of sp³-hybridized carbons (Fsp3) is 0.488. The van der Waals surface area contributed by atoms with E-state index in [4.69, 9.17) is 4.74 Å². The molecule has 0 bridgehead atoms.